The molecule has 0 spiro atoms. The van der Waals surface area contributed by atoms with Gasteiger partial charge in [0.15, 0.2) is 0 Å². The molecule has 1 saturated carbocycles. The van der Waals surface area contributed by atoms with Crippen molar-refractivity contribution in [2.45, 2.75) is 6.42 Å². The minimum atomic E-state index is -0.839. The first kappa shape index (κ1) is 14.5. The zero-order valence-electron chi connectivity index (χ0n) is 12.1. The van der Waals surface area contributed by atoms with Crippen molar-refractivity contribution in [2.24, 2.45) is 23.7 Å². The highest BCUT2D eigenvalue weighted by molar-refractivity contribution is 5.86. The smallest absolute Gasteiger partial charge is 0.307 e. The first-order chi connectivity index (χ1) is 10.2. The molecule has 4 atom stereocenters. The quantitative estimate of drug-likeness (QED) is 0.597. The fourth-order valence-electron chi connectivity index (χ4n) is 3.91. The summed E-state index contributed by atoms with van der Waals surface area (Å²) in [6.07, 6.45) is 4.80. The standard InChI is InChI=1S/C15H23N3O3/c19-14(17-5-8-18-6-3-16-4-7-18)12-10-1-2-11(9-10)13(12)15(20)21/h1-2,10-13,16H,3-9H2,(H,17,19)(H,20,21)/t10?,11?,12-,13+/m0/s1. The van der Waals surface area contributed by atoms with Gasteiger partial charge < -0.3 is 15.7 Å². The predicted molar refractivity (Wildman–Crippen MR) is 77.7 cm³/mol. The normalized spacial score (nSPS) is 35.0. The van der Waals surface area contributed by atoms with Crippen molar-refractivity contribution in [1.29, 1.82) is 0 Å². The molecular weight excluding hydrogens is 270 g/mol. The maximum absolute atomic E-state index is 12.4. The number of rotatable bonds is 5. The fourth-order valence-corrected chi connectivity index (χ4v) is 3.91. The summed E-state index contributed by atoms with van der Waals surface area (Å²) < 4.78 is 0. The average Bonchev–Trinajstić information content (AvgIpc) is 3.08. The van der Waals surface area contributed by atoms with E-state index < -0.39 is 11.9 Å². The van der Waals surface area contributed by atoms with E-state index >= 15 is 0 Å². The highest BCUT2D eigenvalue weighted by Gasteiger charge is 2.51. The number of nitrogens with zero attached hydrogens (tertiary/aromatic N) is 1. The van der Waals surface area contributed by atoms with E-state index in [4.69, 9.17) is 0 Å². The molecule has 3 aliphatic rings. The van der Waals surface area contributed by atoms with Gasteiger partial charge in [-0.3, -0.25) is 14.5 Å². The van der Waals surface area contributed by atoms with Gasteiger partial charge >= 0.3 is 5.97 Å². The van der Waals surface area contributed by atoms with Crippen molar-refractivity contribution in [3.05, 3.63) is 12.2 Å². The van der Waals surface area contributed by atoms with Crippen LogP contribution in [0.15, 0.2) is 12.2 Å². The zero-order valence-corrected chi connectivity index (χ0v) is 12.1. The number of hydrogen-bond donors (Lipinski definition) is 3. The molecule has 0 aromatic carbocycles. The van der Waals surface area contributed by atoms with Gasteiger partial charge in [-0.15, -0.1) is 0 Å². The second-order valence-electron chi connectivity index (χ2n) is 6.22. The first-order valence-electron chi connectivity index (χ1n) is 7.79. The van der Waals surface area contributed by atoms with Crippen LogP contribution in [0, 0.1) is 23.7 Å². The van der Waals surface area contributed by atoms with Gasteiger partial charge in [0.25, 0.3) is 0 Å². The lowest BCUT2D eigenvalue weighted by molar-refractivity contribution is -0.147. The number of carboxylic acids is 1. The molecule has 1 heterocycles. The summed E-state index contributed by atoms with van der Waals surface area (Å²) in [7, 11) is 0. The summed E-state index contributed by atoms with van der Waals surface area (Å²) in [6.45, 7) is 5.43. The van der Waals surface area contributed by atoms with Crippen LogP contribution in [-0.2, 0) is 9.59 Å². The molecule has 0 aromatic rings. The molecule has 2 fully saturated rings. The van der Waals surface area contributed by atoms with E-state index in [2.05, 4.69) is 15.5 Å². The zero-order chi connectivity index (χ0) is 14.8. The number of nitrogens with one attached hydrogen (secondary N) is 2. The van der Waals surface area contributed by atoms with Gasteiger partial charge in [0.1, 0.15) is 0 Å². The summed E-state index contributed by atoms with van der Waals surface area (Å²) >= 11 is 0. The van der Waals surface area contributed by atoms with Gasteiger partial charge in [0, 0.05) is 39.3 Å². The van der Waals surface area contributed by atoms with E-state index in [0.29, 0.717) is 6.54 Å². The van der Waals surface area contributed by atoms with Crippen molar-refractivity contribution in [1.82, 2.24) is 15.5 Å². The number of carbonyl (C=O) groups is 2. The predicted octanol–water partition coefficient (Wildman–Crippen LogP) is -0.469. The Morgan fingerprint density at radius 3 is 2.52 bits per heavy atom. The van der Waals surface area contributed by atoms with Gasteiger partial charge in [-0.25, -0.2) is 0 Å². The maximum atomic E-state index is 12.4. The number of amides is 1. The van der Waals surface area contributed by atoms with Crippen LogP contribution >= 0.6 is 0 Å². The third-order valence-electron chi connectivity index (χ3n) is 4.98. The van der Waals surface area contributed by atoms with Gasteiger partial charge in [-0.05, 0) is 18.3 Å². The van der Waals surface area contributed by atoms with Crippen LogP contribution in [0.1, 0.15) is 6.42 Å². The molecule has 0 radical (unpaired) electrons. The lowest BCUT2D eigenvalue weighted by Crippen LogP contribution is -2.47. The van der Waals surface area contributed by atoms with Crippen LogP contribution in [0.25, 0.3) is 0 Å². The third kappa shape index (κ3) is 2.96. The van der Waals surface area contributed by atoms with Crippen molar-refractivity contribution < 1.29 is 14.7 Å². The second kappa shape index (κ2) is 6.15. The highest BCUT2D eigenvalue weighted by Crippen LogP contribution is 2.48. The number of carboxylic acid groups (broad SMARTS) is 1. The summed E-state index contributed by atoms with van der Waals surface area (Å²) in [5, 5.41) is 15.6. The third-order valence-corrected chi connectivity index (χ3v) is 4.98. The largest absolute Gasteiger partial charge is 0.481 e. The molecule has 6 nitrogen and oxygen atoms in total. The van der Waals surface area contributed by atoms with E-state index in [9.17, 15) is 14.7 Å². The molecule has 2 bridgehead atoms. The van der Waals surface area contributed by atoms with Crippen LogP contribution in [0.3, 0.4) is 0 Å². The van der Waals surface area contributed by atoms with Gasteiger partial charge in [0.2, 0.25) is 5.91 Å². The molecule has 3 N–H and O–H groups in total. The molecule has 3 rings (SSSR count). The molecule has 0 aromatic heterocycles. The molecule has 21 heavy (non-hydrogen) atoms. The Kier molecular flexibility index (Phi) is 4.26. The van der Waals surface area contributed by atoms with Crippen LogP contribution in [0.5, 0.6) is 0 Å². The fraction of sp³-hybridized carbons (Fsp3) is 0.733. The molecule has 116 valence electrons. The first-order valence-corrected chi connectivity index (χ1v) is 7.79. The van der Waals surface area contributed by atoms with Crippen LogP contribution < -0.4 is 10.6 Å². The Morgan fingerprint density at radius 1 is 1.19 bits per heavy atom. The molecule has 2 aliphatic carbocycles. The summed E-state index contributed by atoms with van der Waals surface area (Å²) in [5.41, 5.74) is 0. The average molecular weight is 293 g/mol. The Bertz CT molecular complexity index is 445. The van der Waals surface area contributed by atoms with E-state index in [1.807, 2.05) is 12.2 Å². The van der Waals surface area contributed by atoms with E-state index in [1.54, 1.807) is 0 Å². The van der Waals surface area contributed by atoms with Crippen LogP contribution in [0.2, 0.25) is 0 Å². The second-order valence-corrected chi connectivity index (χ2v) is 6.22. The summed E-state index contributed by atoms with van der Waals surface area (Å²) in [4.78, 5) is 26.1. The number of fused-ring (bicyclic) bond motifs is 2. The number of carbonyl (C=O) groups excluding carboxylic acids is 1. The topological polar surface area (TPSA) is 81.7 Å². The molecule has 1 amide bonds. The minimum absolute atomic E-state index is 0.0384. The molecule has 6 heteroatoms. The van der Waals surface area contributed by atoms with Gasteiger partial charge in [0.05, 0.1) is 11.8 Å². The molecule has 2 unspecified atom stereocenters. The monoisotopic (exact) mass is 293 g/mol. The number of aliphatic carboxylic acids is 1. The van der Waals surface area contributed by atoms with Crippen LogP contribution in [-0.4, -0.2) is 61.2 Å². The van der Waals surface area contributed by atoms with Crippen molar-refractivity contribution in [2.75, 3.05) is 39.3 Å². The molecular formula is C15H23N3O3. The summed E-state index contributed by atoms with van der Waals surface area (Å²) in [6, 6.07) is 0. The maximum Gasteiger partial charge on any atom is 0.307 e. The lowest BCUT2D eigenvalue weighted by Gasteiger charge is -2.28. The highest BCUT2D eigenvalue weighted by atomic mass is 16.4. The minimum Gasteiger partial charge on any atom is -0.481 e. The Labute approximate surface area is 124 Å². The van der Waals surface area contributed by atoms with E-state index in [0.717, 1.165) is 39.1 Å². The SMILES string of the molecule is O=C(O)[C@@H]1C2C=CC(C2)[C@@H]1C(=O)NCCN1CCNCC1. The van der Waals surface area contributed by atoms with E-state index in [1.165, 1.54) is 0 Å². The lowest BCUT2D eigenvalue weighted by atomic mass is 9.82. The van der Waals surface area contributed by atoms with Crippen LogP contribution in [0.4, 0.5) is 0 Å². The van der Waals surface area contributed by atoms with Crippen molar-refractivity contribution in [3.63, 3.8) is 0 Å². The number of hydrogen-bond acceptors (Lipinski definition) is 4. The Balaban J connectivity index is 1.50. The van der Waals surface area contributed by atoms with Crippen molar-refractivity contribution in [3.8, 4) is 0 Å². The van der Waals surface area contributed by atoms with Gasteiger partial charge in [-0.1, -0.05) is 12.2 Å². The van der Waals surface area contributed by atoms with E-state index in [-0.39, 0.29) is 23.7 Å². The Hall–Kier alpha value is -1.40. The van der Waals surface area contributed by atoms with Gasteiger partial charge in [-0.2, -0.15) is 0 Å². The summed E-state index contributed by atoms with van der Waals surface area (Å²) in [5.74, 6) is -1.71. The number of piperazine rings is 1. The molecule has 1 saturated heterocycles. The Morgan fingerprint density at radius 2 is 1.86 bits per heavy atom. The van der Waals surface area contributed by atoms with Crippen molar-refractivity contribution >= 4 is 11.9 Å². The number of allylic oxidation sites excluding steroid dienone is 2. The molecule has 1 aliphatic heterocycles.